The van der Waals surface area contributed by atoms with Crippen molar-refractivity contribution in [3.63, 3.8) is 0 Å². The van der Waals surface area contributed by atoms with Crippen LogP contribution >= 0.6 is 0 Å². The van der Waals surface area contributed by atoms with E-state index in [-0.39, 0.29) is 11.5 Å². The van der Waals surface area contributed by atoms with Crippen molar-refractivity contribution in [3.05, 3.63) is 113 Å². The van der Waals surface area contributed by atoms with E-state index < -0.39 is 17.8 Å². The highest BCUT2D eigenvalue weighted by molar-refractivity contribution is 6.46. The van der Waals surface area contributed by atoms with E-state index in [9.17, 15) is 19.2 Å². The van der Waals surface area contributed by atoms with Crippen LogP contribution in [0, 0.1) is 20.8 Å². The molecule has 0 radical (unpaired) electrons. The molecule has 5 amide bonds. The molecule has 4 aromatic rings. The third kappa shape index (κ3) is 4.82. The summed E-state index contributed by atoms with van der Waals surface area (Å²) < 4.78 is 2.00. The Kier molecular flexibility index (Phi) is 6.92. The Balaban J connectivity index is 1.60. The normalized spacial score (nSPS) is 14.7. The van der Waals surface area contributed by atoms with Gasteiger partial charge in [-0.15, -0.1) is 0 Å². The number of hydrogen-bond donors (Lipinski definition) is 1. The minimum atomic E-state index is -0.730. The van der Waals surface area contributed by atoms with Crippen molar-refractivity contribution in [1.29, 1.82) is 0 Å². The molecule has 0 saturated carbocycles. The molecular formula is C32H28N4O4. The molecular weight excluding hydrogens is 504 g/mol. The maximum Gasteiger partial charge on any atom is 0.343 e. The first kappa shape index (κ1) is 26.4. The Morgan fingerprint density at radius 2 is 1.27 bits per heavy atom. The number of nitrogens with one attached hydrogen (secondary N) is 1. The van der Waals surface area contributed by atoms with Crippen LogP contribution in [0.5, 0.6) is 0 Å². The monoisotopic (exact) mass is 532 g/mol. The first-order valence-corrected chi connectivity index (χ1v) is 12.8. The number of para-hydroxylation sites is 1. The van der Waals surface area contributed by atoms with Gasteiger partial charge in [0.25, 0.3) is 11.8 Å². The van der Waals surface area contributed by atoms with Crippen LogP contribution in [0.25, 0.3) is 11.8 Å². The summed E-state index contributed by atoms with van der Waals surface area (Å²) in [6.45, 7) is 7.20. The molecule has 1 fully saturated rings. The second-order valence-corrected chi connectivity index (χ2v) is 9.68. The lowest BCUT2D eigenvalue weighted by molar-refractivity contribution is -0.121. The number of aryl methyl sites for hydroxylation is 2. The van der Waals surface area contributed by atoms with Gasteiger partial charge in [0.15, 0.2) is 0 Å². The Labute approximate surface area is 232 Å². The highest BCUT2D eigenvalue weighted by Gasteiger charge is 2.43. The van der Waals surface area contributed by atoms with Crippen molar-refractivity contribution in [2.45, 2.75) is 27.7 Å². The molecule has 0 atom stereocenters. The SMILES string of the molecule is CC(=O)Nc1ccc(-n2c(C)cc(/C=C3\C(=O)N(c4ccccc4)C(=O)N(c4ccc(C)cc4)C3=O)c2C)cc1. The number of rotatable bonds is 5. The van der Waals surface area contributed by atoms with Crippen LogP contribution < -0.4 is 15.1 Å². The molecule has 1 saturated heterocycles. The first-order valence-electron chi connectivity index (χ1n) is 12.8. The Bertz CT molecular complexity index is 1670. The summed E-state index contributed by atoms with van der Waals surface area (Å²) in [6, 6.07) is 24.1. The average Bonchev–Trinajstić information content (AvgIpc) is 3.21. The molecule has 1 aromatic heterocycles. The molecule has 8 nitrogen and oxygen atoms in total. The predicted octanol–water partition coefficient (Wildman–Crippen LogP) is 5.94. The second kappa shape index (κ2) is 10.5. The zero-order valence-electron chi connectivity index (χ0n) is 22.6. The number of aromatic nitrogens is 1. The number of nitrogens with zero attached hydrogens (tertiary/aromatic N) is 3. The Morgan fingerprint density at radius 1 is 0.725 bits per heavy atom. The number of carbonyl (C=O) groups excluding carboxylic acids is 4. The highest BCUT2D eigenvalue weighted by Crippen LogP contribution is 2.31. The van der Waals surface area contributed by atoms with Crippen LogP contribution in [0.15, 0.2) is 90.5 Å². The molecule has 1 N–H and O–H groups in total. The van der Waals surface area contributed by atoms with Gasteiger partial charge in [-0.2, -0.15) is 0 Å². The number of barbiturate groups is 1. The molecule has 0 aliphatic carbocycles. The van der Waals surface area contributed by atoms with E-state index in [2.05, 4.69) is 5.32 Å². The van der Waals surface area contributed by atoms with Crippen molar-refractivity contribution in [1.82, 2.24) is 4.57 Å². The van der Waals surface area contributed by atoms with Gasteiger partial charge < -0.3 is 9.88 Å². The highest BCUT2D eigenvalue weighted by atomic mass is 16.2. The van der Waals surface area contributed by atoms with Gasteiger partial charge in [-0.25, -0.2) is 14.6 Å². The lowest BCUT2D eigenvalue weighted by Crippen LogP contribution is -2.57. The zero-order valence-corrected chi connectivity index (χ0v) is 22.6. The van der Waals surface area contributed by atoms with Gasteiger partial charge >= 0.3 is 6.03 Å². The molecule has 2 heterocycles. The largest absolute Gasteiger partial charge is 0.343 e. The molecule has 3 aromatic carbocycles. The topological polar surface area (TPSA) is 91.7 Å². The van der Waals surface area contributed by atoms with Gasteiger partial charge in [-0.1, -0.05) is 35.9 Å². The summed E-state index contributed by atoms with van der Waals surface area (Å²) in [4.78, 5) is 54.5. The van der Waals surface area contributed by atoms with E-state index in [0.717, 1.165) is 32.4 Å². The van der Waals surface area contributed by atoms with E-state index in [0.29, 0.717) is 22.6 Å². The Hall–Kier alpha value is -5.24. The number of urea groups is 1. The van der Waals surface area contributed by atoms with E-state index in [1.165, 1.54) is 6.92 Å². The molecule has 0 spiro atoms. The first-order chi connectivity index (χ1) is 19.2. The standard InChI is InChI=1S/C32H28N4O4/c1-20-10-14-28(15-11-20)36-31(39)29(30(38)35(32(36)40)26-8-6-5-7-9-26)19-24-18-21(2)34(22(24)3)27-16-12-25(13-17-27)33-23(4)37/h5-19H,1-4H3,(H,33,37)/b29-19+. The number of anilines is 3. The predicted molar refractivity (Wildman–Crippen MR) is 156 cm³/mol. The lowest BCUT2D eigenvalue weighted by atomic mass is 10.0. The number of carbonyl (C=O) groups is 4. The van der Waals surface area contributed by atoms with Crippen LogP contribution in [-0.2, 0) is 14.4 Å². The van der Waals surface area contributed by atoms with Crippen LogP contribution in [0.3, 0.4) is 0 Å². The van der Waals surface area contributed by atoms with Gasteiger partial charge in [0, 0.05) is 29.7 Å². The van der Waals surface area contributed by atoms with E-state index in [1.54, 1.807) is 48.5 Å². The van der Waals surface area contributed by atoms with Crippen molar-refractivity contribution in [2.75, 3.05) is 15.1 Å². The number of amides is 5. The quantitative estimate of drug-likeness (QED) is 0.254. The zero-order chi connectivity index (χ0) is 28.6. The third-order valence-electron chi connectivity index (χ3n) is 6.77. The maximum absolute atomic E-state index is 13.8. The molecule has 0 unspecified atom stereocenters. The summed E-state index contributed by atoms with van der Waals surface area (Å²) in [5.41, 5.74) is 5.52. The van der Waals surface area contributed by atoms with E-state index in [1.807, 2.05) is 67.8 Å². The molecule has 8 heteroatoms. The maximum atomic E-state index is 13.8. The number of imide groups is 2. The van der Waals surface area contributed by atoms with E-state index in [4.69, 9.17) is 0 Å². The van der Waals surface area contributed by atoms with Crippen molar-refractivity contribution in [3.8, 4) is 5.69 Å². The molecule has 1 aliphatic rings. The fourth-order valence-corrected chi connectivity index (χ4v) is 4.84. The summed E-state index contributed by atoms with van der Waals surface area (Å²) >= 11 is 0. The molecule has 40 heavy (non-hydrogen) atoms. The van der Waals surface area contributed by atoms with E-state index >= 15 is 0 Å². The van der Waals surface area contributed by atoms with Gasteiger partial charge in [-0.05, 0) is 87.0 Å². The van der Waals surface area contributed by atoms with Gasteiger partial charge in [0.05, 0.1) is 11.4 Å². The summed E-state index contributed by atoms with van der Waals surface area (Å²) in [5.74, 6) is -1.52. The smallest absolute Gasteiger partial charge is 0.326 e. The minimum Gasteiger partial charge on any atom is -0.326 e. The van der Waals surface area contributed by atoms with Crippen LogP contribution in [0.2, 0.25) is 0 Å². The van der Waals surface area contributed by atoms with Crippen LogP contribution in [-0.4, -0.2) is 28.3 Å². The van der Waals surface area contributed by atoms with Crippen LogP contribution in [0.1, 0.15) is 29.4 Å². The average molecular weight is 533 g/mol. The summed E-state index contributed by atoms with van der Waals surface area (Å²) in [6.07, 6.45) is 1.55. The van der Waals surface area contributed by atoms with Crippen molar-refractivity contribution >= 4 is 46.9 Å². The van der Waals surface area contributed by atoms with Crippen molar-refractivity contribution < 1.29 is 19.2 Å². The second-order valence-electron chi connectivity index (χ2n) is 9.68. The third-order valence-corrected chi connectivity index (χ3v) is 6.77. The van der Waals surface area contributed by atoms with Crippen molar-refractivity contribution in [2.24, 2.45) is 0 Å². The lowest BCUT2D eigenvalue weighted by Gasteiger charge is -2.34. The fraction of sp³-hybridized carbons (Fsp3) is 0.125. The van der Waals surface area contributed by atoms with Gasteiger partial charge in [-0.3, -0.25) is 14.4 Å². The molecule has 200 valence electrons. The van der Waals surface area contributed by atoms with Gasteiger partial charge in [0.2, 0.25) is 5.91 Å². The minimum absolute atomic E-state index is 0.120. The van der Waals surface area contributed by atoms with Gasteiger partial charge in [0.1, 0.15) is 5.57 Å². The van der Waals surface area contributed by atoms with Crippen LogP contribution in [0.4, 0.5) is 21.9 Å². The number of hydrogen-bond acceptors (Lipinski definition) is 4. The summed E-state index contributed by atoms with van der Waals surface area (Å²) in [5, 5.41) is 2.75. The molecule has 1 aliphatic heterocycles. The Morgan fingerprint density at radius 3 is 1.85 bits per heavy atom. The number of benzene rings is 3. The summed E-state index contributed by atoms with van der Waals surface area (Å²) in [7, 11) is 0. The fourth-order valence-electron chi connectivity index (χ4n) is 4.84. The molecule has 0 bridgehead atoms. The molecule has 5 rings (SSSR count).